The zero-order valence-electron chi connectivity index (χ0n) is 11.9. The van der Waals surface area contributed by atoms with Gasteiger partial charge >= 0.3 is 0 Å². The first-order chi connectivity index (χ1) is 9.01. The maximum absolute atomic E-state index is 11.0. The molecule has 1 saturated carbocycles. The van der Waals surface area contributed by atoms with E-state index in [1.54, 1.807) is 12.1 Å². The van der Waals surface area contributed by atoms with E-state index in [4.69, 9.17) is 0 Å². The first-order valence-electron chi connectivity index (χ1n) is 7.07. The minimum absolute atomic E-state index is 0.201. The first-order valence-corrected chi connectivity index (χ1v) is 9.28. The van der Waals surface area contributed by atoms with Gasteiger partial charge in [-0.3, -0.25) is 0 Å². The average molecular weight is 281 g/mol. The molecule has 1 aliphatic carbocycles. The second-order valence-corrected chi connectivity index (χ2v) is 8.27. The molecule has 0 amide bonds. The molecule has 3 heteroatoms. The minimum Gasteiger partial charge on any atom is -0.508 e. The molecule has 0 radical (unpaired) electrons. The Kier molecular flexibility index (Phi) is 4.80. The second-order valence-electron chi connectivity index (χ2n) is 5.96. The molecule has 0 bridgehead atoms. The van der Waals surface area contributed by atoms with Gasteiger partial charge in [-0.15, -0.1) is 0 Å². The van der Waals surface area contributed by atoms with Crippen LogP contribution in [0.15, 0.2) is 24.3 Å². The summed E-state index contributed by atoms with van der Waals surface area (Å²) in [5, 5.41) is 20.5. The monoisotopic (exact) mass is 281 g/mol. The fourth-order valence-electron chi connectivity index (χ4n) is 3.11. The van der Waals surface area contributed by atoms with E-state index in [1.807, 2.05) is 12.1 Å². The SMILES string of the molecule is C[S+](C)CC(c1ccc(O)cc1)C1(O)CCCCC1. The molecular formula is C16H25O2S+. The lowest BCUT2D eigenvalue weighted by Gasteiger charge is -2.38. The Bertz CT molecular complexity index is 394. The highest BCUT2D eigenvalue weighted by Gasteiger charge is 2.41. The smallest absolute Gasteiger partial charge is 0.117 e. The highest BCUT2D eigenvalue weighted by molar-refractivity contribution is 7.95. The highest BCUT2D eigenvalue weighted by atomic mass is 32.2. The molecule has 1 aromatic carbocycles. The molecule has 1 atom stereocenters. The Morgan fingerprint density at radius 1 is 1.11 bits per heavy atom. The van der Waals surface area contributed by atoms with Crippen molar-refractivity contribution in [2.24, 2.45) is 0 Å². The van der Waals surface area contributed by atoms with Gasteiger partial charge in [0.2, 0.25) is 0 Å². The van der Waals surface area contributed by atoms with Crippen LogP contribution in [-0.4, -0.2) is 34.1 Å². The van der Waals surface area contributed by atoms with E-state index in [2.05, 4.69) is 12.5 Å². The molecule has 0 aliphatic heterocycles. The molecule has 19 heavy (non-hydrogen) atoms. The van der Waals surface area contributed by atoms with Crippen LogP contribution >= 0.6 is 0 Å². The summed E-state index contributed by atoms with van der Waals surface area (Å²) in [5.74, 6) is 1.53. The van der Waals surface area contributed by atoms with E-state index < -0.39 is 5.60 Å². The van der Waals surface area contributed by atoms with Crippen molar-refractivity contribution >= 4 is 10.9 Å². The molecule has 1 aromatic rings. The second kappa shape index (κ2) is 6.19. The van der Waals surface area contributed by atoms with E-state index >= 15 is 0 Å². The van der Waals surface area contributed by atoms with Crippen LogP contribution in [0.25, 0.3) is 0 Å². The molecule has 0 heterocycles. The van der Waals surface area contributed by atoms with Crippen molar-refractivity contribution in [1.82, 2.24) is 0 Å². The van der Waals surface area contributed by atoms with Crippen LogP contribution in [-0.2, 0) is 10.9 Å². The van der Waals surface area contributed by atoms with E-state index in [0.29, 0.717) is 16.6 Å². The van der Waals surface area contributed by atoms with Gasteiger partial charge in [-0.05, 0) is 41.4 Å². The maximum atomic E-state index is 11.0. The van der Waals surface area contributed by atoms with Gasteiger partial charge in [-0.1, -0.05) is 31.4 Å². The van der Waals surface area contributed by atoms with Crippen molar-refractivity contribution in [3.63, 3.8) is 0 Å². The van der Waals surface area contributed by atoms with E-state index in [0.717, 1.165) is 31.4 Å². The Balaban J connectivity index is 2.26. The lowest BCUT2D eigenvalue weighted by atomic mass is 9.73. The van der Waals surface area contributed by atoms with Crippen molar-refractivity contribution in [2.45, 2.75) is 43.6 Å². The van der Waals surface area contributed by atoms with Crippen LogP contribution in [0.2, 0.25) is 0 Å². The molecule has 0 aromatic heterocycles. The number of rotatable bonds is 4. The molecule has 2 rings (SSSR count). The minimum atomic E-state index is -0.549. The van der Waals surface area contributed by atoms with Crippen LogP contribution in [0.4, 0.5) is 0 Å². The van der Waals surface area contributed by atoms with Crippen molar-refractivity contribution in [2.75, 3.05) is 18.3 Å². The number of benzene rings is 1. The van der Waals surface area contributed by atoms with Crippen LogP contribution in [0, 0.1) is 0 Å². The number of aromatic hydroxyl groups is 1. The fraction of sp³-hybridized carbons (Fsp3) is 0.625. The molecule has 0 saturated heterocycles. The standard InChI is InChI=1S/C16H24O2S/c1-19(2)12-15(13-6-8-14(17)9-7-13)16(18)10-4-3-5-11-16/h6-9,15,18H,3-5,10-12H2,1-2H3/p+1. The summed E-state index contributed by atoms with van der Waals surface area (Å²) in [6.45, 7) is 0. The van der Waals surface area contributed by atoms with Crippen LogP contribution in [0.3, 0.4) is 0 Å². The zero-order valence-corrected chi connectivity index (χ0v) is 12.7. The highest BCUT2D eigenvalue weighted by Crippen LogP contribution is 2.40. The third kappa shape index (κ3) is 3.67. The predicted octanol–water partition coefficient (Wildman–Crippen LogP) is 3.05. The van der Waals surface area contributed by atoms with E-state index in [1.165, 1.54) is 12.0 Å². The quantitative estimate of drug-likeness (QED) is 0.833. The molecule has 106 valence electrons. The molecule has 1 unspecified atom stereocenters. The van der Waals surface area contributed by atoms with Gasteiger partial charge in [-0.25, -0.2) is 0 Å². The Hall–Kier alpha value is -0.670. The first kappa shape index (κ1) is 14.7. The summed E-state index contributed by atoms with van der Waals surface area (Å²) in [5.41, 5.74) is 0.621. The van der Waals surface area contributed by atoms with Crippen LogP contribution in [0.1, 0.15) is 43.6 Å². The van der Waals surface area contributed by atoms with Crippen molar-refractivity contribution in [3.8, 4) is 5.75 Å². The Morgan fingerprint density at radius 3 is 2.21 bits per heavy atom. The normalized spacial score (nSPS) is 20.4. The zero-order chi connectivity index (χ0) is 13.9. The summed E-state index contributed by atoms with van der Waals surface area (Å²) in [6.07, 6.45) is 9.80. The summed E-state index contributed by atoms with van der Waals surface area (Å²) in [7, 11) is 0.298. The number of phenolic OH excluding ortho intramolecular Hbond substituents is 1. The maximum Gasteiger partial charge on any atom is 0.117 e. The predicted molar refractivity (Wildman–Crippen MR) is 83.0 cm³/mol. The van der Waals surface area contributed by atoms with Crippen LogP contribution < -0.4 is 0 Å². The van der Waals surface area contributed by atoms with Crippen LogP contribution in [0.5, 0.6) is 5.75 Å². The lowest BCUT2D eigenvalue weighted by Crippen LogP contribution is -2.41. The lowest BCUT2D eigenvalue weighted by molar-refractivity contribution is -0.0156. The fourth-order valence-corrected chi connectivity index (χ4v) is 4.28. The third-order valence-corrected chi connectivity index (χ3v) is 5.16. The molecule has 1 aliphatic rings. The Morgan fingerprint density at radius 2 is 1.68 bits per heavy atom. The van der Waals surface area contributed by atoms with Crippen molar-refractivity contribution in [3.05, 3.63) is 29.8 Å². The molecular weight excluding hydrogens is 256 g/mol. The van der Waals surface area contributed by atoms with Gasteiger partial charge in [0.05, 0.1) is 24.0 Å². The van der Waals surface area contributed by atoms with Gasteiger partial charge in [0.1, 0.15) is 11.5 Å². The number of hydrogen-bond acceptors (Lipinski definition) is 2. The molecule has 2 N–H and O–H groups in total. The summed E-state index contributed by atoms with van der Waals surface area (Å²) >= 11 is 0. The van der Waals surface area contributed by atoms with Crippen molar-refractivity contribution in [1.29, 1.82) is 0 Å². The average Bonchev–Trinajstić information content (AvgIpc) is 2.38. The van der Waals surface area contributed by atoms with Gasteiger partial charge in [0.25, 0.3) is 0 Å². The number of phenols is 1. The number of aliphatic hydroxyl groups is 1. The molecule has 0 spiro atoms. The van der Waals surface area contributed by atoms with Gasteiger partial charge in [-0.2, -0.15) is 0 Å². The Labute approximate surface area is 119 Å². The third-order valence-electron chi connectivity index (χ3n) is 4.16. The van der Waals surface area contributed by atoms with E-state index in [9.17, 15) is 10.2 Å². The van der Waals surface area contributed by atoms with E-state index in [-0.39, 0.29) is 5.92 Å². The van der Waals surface area contributed by atoms with Gasteiger partial charge < -0.3 is 10.2 Å². The number of hydrogen-bond donors (Lipinski definition) is 2. The largest absolute Gasteiger partial charge is 0.508 e. The summed E-state index contributed by atoms with van der Waals surface area (Å²) in [4.78, 5) is 0. The summed E-state index contributed by atoms with van der Waals surface area (Å²) in [6, 6.07) is 7.41. The van der Waals surface area contributed by atoms with Gasteiger partial charge in [0.15, 0.2) is 0 Å². The molecule has 2 nitrogen and oxygen atoms in total. The topological polar surface area (TPSA) is 40.5 Å². The summed E-state index contributed by atoms with van der Waals surface area (Å²) < 4.78 is 0. The van der Waals surface area contributed by atoms with Crippen molar-refractivity contribution < 1.29 is 10.2 Å². The van der Waals surface area contributed by atoms with Gasteiger partial charge in [0, 0.05) is 0 Å². The molecule has 1 fully saturated rings.